The van der Waals surface area contributed by atoms with Crippen molar-refractivity contribution in [1.29, 1.82) is 0 Å². The van der Waals surface area contributed by atoms with Crippen LogP contribution in [-0.4, -0.2) is 36.5 Å². The molecule has 2 atom stereocenters. The fourth-order valence-corrected chi connectivity index (χ4v) is 3.61. The highest BCUT2D eigenvalue weighted by molar-refractivity contribution is 5.97. The number of nitrogens with zero attached hydrogens (tertiary/aromatic N) is 1. The van der Waals surface area contributed by atoms with Gasteiger partial charge in [0, 0.05) is 44.4 Å². The third-order valence-electron chi connectivity index (χ3n) is 4.85. The Kier molecular flexibility index (Phi) is 5.19. The first-order valence-corrected chi connectivity index (χ1v) is 8.66. The van der Waals surface area contributed by atoms with Crippen molar-refractivity contribution in [3.05, 3.63) is 53.9 Å². The van der Waals surface area contributed by atoms with Gasteiger partial charge in [0.25, 0.3) is 11.8 Å². The summed E-state index contributed by atoms with van der Waals surface area (Å²) >= 11 is 0. The van der Waals surface area contributed by atoms with Gasteiger partial charge in [0.05, 0.1) is 12.2 Å². The highest BCUT2D eigenvalue weighted by Gasteiger charge is 2.32. The lowest BCUT2D eigenvalue weighted by molar-refractivity contribution is -0.910. The van der Waals surface area contributed by atoms with Gasteiger partial charge in [0.1, 0.15) is 6.04 Å². The molecule has 0 bridgehead atoms. The van der Waals surface area contributed by atoms with E-state index in [0.717, 1.165) is 19.4 Å². The molecule has 0 saturated carbocycles. The number of benzene rings is 1. The van der Waals surface area contributed by atoms with Crippen molar-refractivity contribution in [3.63, 3.8) is 0 Å². The van der Waals surface area contributed by atoms with Crippen molar-refractivity contribution in [2.75, 3.05) is 25.5 Å². The molecule has 6 heteroatoms. The minimum absolute atomic E-state index is 0.0230. The van der Waals surface area contributed by atoms with Crippen molar-refractivity contribution < 1.29 is 14.5 Å². The van der Waals surface area contributed by atoms with E-state index in [1.807, 2.05) is 0 Å². The molecule has 2 amide bonds. The van der Waals surface area contributed by atoms with E-state index in [1.165, 1.54) is 10.6 Å². The number of hydrogen-bond donors (Lipinski definition) is 3. The number of carbonyl (C=O) groups is 2. The quantitative estimate of drug-likeness (QED) is 0.751. The maximum atomic E-state index is 12.5. The Labute approximate surface area is 147 Å². The van der Waals surface area contributed by atoms with Gasteiger partial charge < -0.3 is 20.1 Å². The van der Waals surface area contributed by atoms with E-state index in [1.54, 1.807) is 31.3 Å². The molecule has 3 N–H and O–H groups in total. The number of anilines is 1. The van der Waals surface area contributed by atoms with Crippen LogP contribution in [0.15, 0.2) is 42.6 Å². The second-order valence-corrected chi connectivity index (χ2v) is 6.53. The first-order chi connectivity index (χ1) is 12.1. The van der Waals surface area contributed by atoms with E-state index in [0.29, 0.717) is 23.8 Å². The maximum Gasteiger partial charge on any atom is 0.279 e. The Bertz CT molecular complexity index is 768. The highest BCUT2D eigenvalue weighted by atomic mass is 16.2. The summed E-state index contributed by atoms with van der Waals surface area (Å²) in [7, 11) is 3.64. The van der Waals surface area contributed by atoms with E-state index < -0.39 is 0 Å². The number of carbonyl (C=O) groups excluding carboxylic acids is 2. The minimum atomic E-state index is -0.162. The van der Waals surface area contributed by atoms with E-state index in [-0.39, 0.29) is 11.8 Å². The second kappa shape index (κ2) is 7.53. The second-order valence-electron chi connectivity index (χ2n) is 6.53. The Morgan fingerprint density at radius 3 is 2.84 bits per heavy atom. The third kappa shape index (κ3) is 3.91. The van der Waals surface area contributed by atoms with Gasteiger partial charge >= 0.3 is 0 Å². The van der Waals surface area contributed by atoms with Gasteiger partial charge in [-0.1, -0.05) is 6.07 Å². The largest absolute Gasteiger partial charge is 0.355 e. The summed E-state index contributed by atoms with van der Waals surface area (Å²) in [5.41, 5.74) is 2.47. The summed E-state index contributed by atoms with van der Waals surface area (Å²) < 4.78 is 2.14. The molecule has 6 nitrogen and oxygen atoms in total. The molecule has 25 heavy (non-hydrogen) atoms. The van der Waals surface area contributed by atoms with Gasteiger partial charge in [0.15, 0.2) is 6.54 Å². The molecular weight excluding hydrogens is 316 g/mol. The van der Waals surface area contributed by atoms with Crippen LogP contribution in [0.25, 0.3) is 0 Å². The Morgan fingerprint density at radius 1 is 1.28 bits per heavy atom. The molecule has 1 aromatic heterocycles. The van der Waals surface area contributed by atoms with E-state index in [4.69, 9.17) is 0 Å². The summed E-state index contributed by atoms with van der Waals surface area (Å²) in [6.07, 6.45) is 4.28. The van der Waals surface area contributed by atoms with Crippen LogP contribution < -0.4 is 15.5 Å². The summed E-state index contributed by atoms with van der Waals surface area (Å²) in [5.74, 6) is -0.185. The Hall–Kier alpha value is -2.60. The summed E-state index contributed by atoms with van der Waals surface area (Å²) in [5, 5.41) is 5.51. The highest BCUT2D eigenvalue weighted by Crippen LogP contribution is 2.19. The zero-order chi connectivity index (χ0) is 17.8. The predicted octanol–water partition coefficient (Wildman–Crippen LogP) is 0.743. The average molecular weight is 341 g/mol. The number of amides is 2. The average Bonchev–Trinajstić information content (AvgIpc) is 3.22. The van der Waals surface area contributed by atoms with Gasteiger partial charge in [-0.25, -0.2) is 0 Å². The molecule has 1 aromatic carbocycles. The standard InChI is InChI=1S/C19H24N4O2/c1-20-19(25)14-6-3-7-15(12-14)21-18(24)13-23-11-5-9-17(23)16-8-4-10-22(16)2/h3-4,6-8,10,12,17H,5,9,11,13H2,1-2H3,(H,20,25)(H,21,24)/p+1/t17-/m1/s1. The predicted molar refractivity (Wildman–Crippen MR) is 96.5 cm³/mol. The van der Waals surface area contributed by atoms with Crippen molar-refractivity contribution in [1.82, 2.24) is 9.88 Å². The SMILES string of the molecule is CNC(=O)c1cccc(NC(=O)C[NH+]2CCC[C@@H]2c2cccn2C)c1. The van der Waals surface area contributed by atoms with Crippen LogP contribution >= 0.6 is 0 Å². The first-order valence-electron chi connectivity index (χ1n) is 8.66. The summed E-state index contributed by atoms with van der Waals surface area (Å²) in [4.78, 5) is 25.5. The topological polar surface area (TPSA) is 67.6 Å². The van der Waals surface area contributed by atoms with Crippen LogP contribution in [0.5, 0.6) is 0 Å². The molecule has 1 aliphatic heterocycles. The van der Waals surface area contributed by atoms with E-state index in [9.17, 15) is 9.59 Å². The summed E-state index contributed by atoms with van der Waals surface area (Å²) in [6.45, 7) is 1.43. The number of quaternary nitrogens is 1. The smallest absolute Gasteiger partial charge is 0.279 e. The third-order valence-corrected chi connectivity index (χ3v) is 4.85. The molecule has 1 aliphatic rings. The molecule has 132 valence electrons. The molecule has 2 heterocycles. The summed E-state index contributed by atoms with van der Waals surface area (Å²) in [6, 6.07) is 11.6. The lowest BCUT2D eigenvalue weighted by atomic mass is 10.1. The van der Waals surface area contributed by atoms with Crippen LogP contribution in [0.1, 0.15) is 34.9 Å². The number of likely N-dealkylation sites (tertiary alicyclic amines) is 1. The first kappa shape index (κ1) is 17.2. The number of aryl methyl sites for hydroxylation is 1. The minimum Gasteiger partial charge on any atom is -0.355 e. The molecular formula is C19H25N4O2+. The van der Waals surface area contributed by atoms with Gasteiger partial charge in [0.2, 0.25) is 0 Å². The number of aromatic nitrogens is 1. The molecule has 3 rings (SSSR count). The fraction of sp³-hybridized carbons (Fsp3) is 0.368. The molecule has 1 fully saturated rings. The Balaban J connectivity index is 1.64. The molecule has 0 radical (unpaired) electrons. The zero-order valence-corrected chi connectivity index (χ0v) is 14.7. The lowest BCUT2D eigenvalue weighted by Gasteiger charge is -2.21. The van der Waals surface area contributed by atoms with Crippen molar-refractivity contribution in [2.24, 2.45) is 7.05 Å². The molecule has 1 saturated heterocycles. The van der Waals surface area contributed by atoms with Crippen LogP contribution in [-0.2, 0) is 11.8 Å². The molecule has 1 unspecified atom stereocenters. The molecule has 0 aliphatic carbocycles. The van der Waals surface area contributed by atoms with E-state index in [2.05, 4.69) is 40.6 Å². The monoisotopic (exact) mass is 341 g/mol. The lowest BCUT2D eigenvalue weighted by Crippen LogP contribution is -3.11. The van der Waals surface area contributed by atoms with Crippen molar-refractivity contribution in [2.45, 2.75) is 18.9 Å². The number of hydrogen-bond acceptors (Lipinski definition) is 2. The Morgan fingerprint density at radius 2 is 2.12 bits per heavy atom. The van der Waals surface area contributed by atoms with E-state index >= 15 is 0 Å². The van der Waals surface area contributed by atoms with Gasteiger partial charge in [-0.05, 0) is 30.3 Å². The van der Waals surface area contributed by atoms with Crippen molar-refractivity contribution >= 4 is 17.5 Å². The number of rotatable bonds is 5. The van der Waals surface area contributed by atoms with Gasteiger partial charge in [-0.3, -0.25) is 9.59 Å². The zero-order valence-electron chi connectivity index (χ0n) is 14.7. The molecule has 0 spiro atoms. The van der Waals surface area contributed by atoms with Crippen LogP contribution in [0, 0.1) is 0 Å². The normalized spacial score (nSPS) is 19.6. The fourth-order valence-electron chi connectivity index (χ4n) is 3.61. The van der Waals surface area contributed by atoms with Crippen molar-refractivity contribution in [3.8, 4) is 0 Å². The van der Waals surface area contributed by atoms with Crippen LogP contribution in [0.4, 0.5) is 5.69 Å². The maximum absolute atomic E-state index is 12.5. The van der Waals surface area contributed by atoms with Gasteiger partial charge in [-0.15, -0.1) is 0 Å². The number of nitrogens with one attached hydrogen (secondary N) is 3. The molecule has 2 aromatic rings. The van der Waals surface area contributed by atoms with Gasteiger partial charge in [-0.2, -0.15) is 0 Å². The van der Waals surface area contributed by atoms with Crippen LogP contribution in [0.3, 0.4) is 0 Å². The van der Waals surface area contributed by atoms with Crippen LogP contribution in [0.2, 0.25) is 0 Å².